The first-order valence-electron chi connectivity index (χ1n) is 9.47. The van der Waals surface area contributed by atoms with Gasteiger partial charge in [-0.25, -0.2) is 12.8 Å². The number of para-hydroxylation sites is 1. The van der Waals surface area contributed by atoms with Gasteiger partial charge in [-0.05, 0) is 43.2 Å². The fraction of sp³-hybridized carbons (Fsp3) is 0.381. The lowest BCUT2D eigenvalue weighted by Gasteiger charge is -2.22. The molecule has 166 valence electrons. The molecule has 2 aromatic rings. The number of ether oxygens (including phenoxy) is 1. The molecule has 0 unspecified atom stereocenters. The summed E-state index contributed by atoms with van der Waals surface area (Å²) in [5, 5.41) is 3.22. The van der Waals surface area contributed by atoms with Crippen molar-refractivity contribution in [3.8, 4) is 5.75 Å². The Morgan fingerprint density at radius 2 is 1.83 bits per heavy atom. The quantitative estimate of drug-likeness (QED) is 0.295. The lowest BCUT2D eigenvalue weighted by Crippen LogP contribution is -2.41. The summed E-state index contributed by atoms with van der Waals surface area (Å²) in [6.07, 6.45) is 1.89. The minimum absolute atomic E-state index is 0. The first-order valence-corrected chi connectivity index (χ1v) is 11.4. The van der Waals surface area contributed by atoms with Crippen molar-refractivity contribution < 1.29 is 17.5 Å². The van der Waals surface area contributed by atoms with Crippen LogP contribution in [-0.2, 0) is 16.3 Å². The van der Waals surface area contributed by atoms with E-state index in [2.05, 4.69) is 10.3 Å². The fourth-order valence-corrected chi connectivity index (χ4v) is 3.25. The Morgan fingerprint density at radius 1 is 1.17 bits per heavy atom. The van der Waals surface area contributed by atoms with Gasteiger partial charge in [0.1, 0.15) is 6.61 Å². The maximum absolute atomic E-state index is 13.6. The maximum Gasteiger partial charge on any atom is 0.193 e. The average molecular weight is 549 g/mol. The lowest BCUT2D eigenvalue weighted by molar-refractivity contribution is 0.270. The lowest BCUT2D eigenvalue weighted by atomic mass is 10.1. The van der Waals surface area contributed by atoms with Crippen LogP contribution < -0.4 is 10.1 Å². The normalized spacial score (nSPS) is 11.5. The molecule has 0 spiro atoms. The van der Waals surface area contributed by atoms with Crippen molar-refractivity contribution in [2.45, 2.75) is 18.2 Å². The Balaban J connectivity index is 0.00000450. The second-order valence-electron chi connectivity index (χ2n) is 6.60. The van der Waals surface area contributed by atoms with Gasteiger partial charge < -0.3 is 15.0 Å². The van der Waals surface area contributed by atoms with E-state index in [0.29, 0.717) is 31.0 Å². The molecule has 0 saturated heterocycles. The zero-order valence-corrected chi connectivity index (χ0v) is 20.6. The van der Waals surface area contributed by atoms with Crippen LogP contribution in [0, 0.1) is 5.82 Å². The zero-order chi connectivity index (χ0) is 21.3. The summed E-state index contributed by atoms with van der Waals surface area (Å²) in [6, 6.07) is 13.2. The Bertz CT molecular complexity index is 921. The Labute approximate surface area is 195 Å². The van der Waals surface area contributed by atoms with Crippen LogP contribution in [0.4, 0.5) is 4.39 Å². The van der Waals surface area contributed by atoms with E-state index in [1.807, 2.05) is 31.0 Å². The molecule has 0 radical (unpaired) electrons. The topological polar surface area (TPSA) is 71.0 Å². The molecule has 0 aliphatic heterocycles. The molecule has 0 heterocycles. The van der Waals surface area contributed by atoms with E-state index < -0.39 is 9.84 Å². The molecule has 0 fully saturated rings. The summed E-state index contributed by atoms with van der Waals surface area (Å²) in [5.74, 6) is 0.593. The Hall–Kier alpha value is -1.88. The van der Waals surface area contributed by atoms with Crippen molar-refractivity contribution in [1.82, 2.24) is 10.2 Å². The molecular weight excluding hydrogens is 520 g/mol. The van der Waals surface area contributed by atoms with E-state index >= 15 is 0 Å². The Kier molecular flexibility index (Phi) is 11.1. The van der Waals surface area contributed by atoms with Crippen LogP contribution in [-0.4, -0.2) is 58.8 Å². The number of nitrogens with one attached hydrogen (secondary N) is 1. The third kappa shape index (κ3) is 8.47. The molecule has 0 aliphatic rings. The maximum atomic E-state index is 13.6. The molecule has 1 N–H and O–H groups in total. The van der Waals surface area contributed by atoms with Gasteiger partial charge in [0.15, 0.2) is 27.4 Å². The number of sulfone groups is 1. The number of benzene rings is 2. The summed E-state index contributed by atoms with van der Waals surface area (Å²) in [7, 11) is -1.29. The van der Waals surface area contributed by atoms with Crippen molar-refractivity contribution in [2.75, 3.05) is 39.5 Å². The summed E-state index contributed by atoms with van der Waals surface area (Å²) in [4.78, 5) is 6.85. The molecule has 6 nitrogen and oxygen atoms in total. The molecule has 0 aliphatic carbocycles. The summed E-state index contributed by atoms with van der Waals surface area (Å²) in [5.41, 5.74) is 1.02. The van der Waals surface area contributed by atoms with Crippen LogP contribution >= 0.6 is 24.0 Å². The number of hydrogen-bond donors (Lipinski definition) is 1. The molecule has 0 aromatic heterocycles. The zero-order valence-electron chi connectivity index (χ0n) is 17.5. The predicted octanol–water partition coefficient (Wildman–Crippen LogP) is 3.37. The number of hydrogen-bond acceptors (Lipinski definition) is 4. The smallest absolute Gasteiger partial charge is 0.193 e. The van der Waals surface area contributed by atoms with Crippen molar-refractivity contribution in [3.63, 3.8) is 0 Å². The van der Waals surface area contributed by atoms with Crippen LogP contribution in [0.1, 0.15) is 12.5 Å². The van der Waals surface area contributed by atoms with Crippen LogP contribution in [0.2, 0.25) is 0 Å². The predicted molar refractivity (Wildman–Crippen MR) is 129 cm³/mol. The standard InChI is InChI=1S/C21H28FN3O3S.HI/c1-4-23-21(25(2)15-16-28-20-8-6-5-7-19(20)22)24-14-13-17-9-11-18(12-10-17)29(3,26)27;/h5-12H,4,13-16H2,1-3H3,(H,23,24);1H. The van der Waals surface area contributed by atoms with Gasteiger partial charge in [-0.1, -0.05) is 24.3 Å². The first-order chi connectivity index (χ1) is 13.8. The number of halogens is 2. The van der Waals surface area contributed by atoms with Crippen LogP contribution in [0.15, 0.2) is 58.4 Å². The molecule has 30 heavy (non-hydrogen) atoms. The van der Waals surface area contributed by atoms with E-state index in [0.717, 1.165) is 18.1 Å². The first kappa shape index (κ1) is 26.2. The molecular formula is C21H29FIN3O3S. The van der Waals surface area contributed by atoms with E-state index in [9.17, 15) is 12.8 Å². The van der Waals surface area contributed by atoms with Gasteiger partial charge in [0.25, 0.3) is 0 Å². The molecule has 2 aromatic carbocycles. The summed E-state index contributed by atoms with van der Waals surface area (Å²) >= 11 is 0. The summed E-state index contributed by atoms with van der Waals surface area (Å²) in [6.45, 7) is 4.14. The van der Waals surface area contributed by atoms with Crippen LogP contribution in [0.25, 0.3) is 0 Å². The van der Waals surface area contributed by atoms with Gasteiger partial charge in [-0.3, -0.25) is 4.99 Å². The van der Waals surface area contributed by atoms with Crippen molar-refractivity contribution in [1.29, 1.82) is 0 Å². The number of nitrogens with zero attached hydrogens (tertiary/aromatic N) is 2. The Morgan fingerprint density at radius 3 is 2.43 bits per heavy atom. The van der Waals surface area contributed by atoms with Crippen molar-refractivity contribution in [3.05, 3.63) is 59.9 Å². The van der Waals surface area contributed by atoms with Crippen molar-refractivity contribution >= 4 is 39.8 Å². The highest BCUT2D eigenvalue weighted by Gasteiger charge is 2.08. The molecule has 0 atom stereocenters. The third-order valence-electron chi connectivity index (χ3n) is 4.23. The van der Waals surface area contributed by atoms with Gasteiger partial charge >= 0.3 is 0 Å². The van der Waals surface area contributed by atoms with Crippen LogP contribution in [0.5, 0.6) is 5.75 Å². The van der Waals surface area contributed by atoms with Gasteiger partial charge in [0.2, 0.25) is 0 Å². The SMILES string of the molecule is CCNC(=NCCc1ccc(S(C)(=O)=O)cc1)N(C)CCOc1ccccc1F.I. The number of rotatable bonds is 9. The second-order valence-corrected chi connectivity index (χ2v) is 8.62. The third-order valence-corrected chi connectivity index (χ3v) is 5.36. The van der Waals surface area contributed by atoms with Crippen molar-refractivity contribution in [2.24, 2.45) is 4.99 Å². The molecule has 0 bridgehead atoms. The number of likely N-dealkylation sites (N-methyl/N-ethyl adjacent to an activating group) is 1. The second kappa shape index (κ2) is 12.7. The molecule has 2 rings (SSSR count). The largest absolute Gasteiger partial charge is 0.489 e. The minimum atomic E-state index is -3.18. The highest BCUT2D eigenvalue weighted by Crippen LogP contribution is 2.15. The minimum Gasteiger partial charge on any atom is -0.489 e. The fourth-order valence-electron chi connectivity index (χ4n) is 2.62. The average Bonchev–Trinajstić information content (AvgIpc) is 2.68. The van der Waals surface area contributed by atoms with E-state index in [1.165, 1.54) is 12.3 Å². The number of guanidine groups is 1. The van der Waals surface area contributed by atoms with E-state index in [-0.39, 0.29) is 35.5 Å². The number of aliphatic imine (C=N–C) groups is 1. The molecule has 0 amide bonds. The molecule has 9 heteroatoms. The van der Waals surface area contributed by atoms with E-state index in [4.69, 9.17) is 4.74 Å². The van der Waals surface area contributed by atoms with Gasteiger partial charge in [0.05, 0.1) is 11.4 Å². The highest BCUT2D eigenvalue weighted by atomic mass is 127. The van der Waals surface area contributed by atoms with Crippen LogP contribution in [0.3, 0.4) is 0 Å². The highest BCUT2D eigenvalue weighted by molar-refractivity contribution is 14.0. The van der Waals surface area contributed by atoms with Gasteiger partial charge in [-0.15, -0.1) is 24.0 Å². The molecule has 0 saturated carbocycles. The monoisotopic (exact) mass is 549 g/mol. The van der Waals surface area contributed by atoms with E-state index in [1.54, 1.807) is 30.3 Å². The van der Waals surface area contributed by atoms with Gasteiger partial charge in [0, 0.05) is 26.4 Å². The van der Waals surface area contributed by atoms with Gasteiger partial charge in [-0.2, -0.15) is 0 Å². The summed E-state index contributed by atoms with van der Waals surface area (Å²) < 4.78 is 42.1.